The molecule has 0 saturated heterocycles. The van der Waals surface area contributed by atoms with Gasteiger partial charge in [0.15, 0.2) is 6.10 Å². The number of hydrogen-bond donors (Lipinski definition) is 1. The van der Waals surface area contributed by atoms with Crippen molar-refractivity contribution in [3.63, 3.8) is 0 Å². The van der Waals surface area contributed by atoms with Gasteiger partial charge in [0.1, 0.15) is 4.88 Å². The smallest absolute Gasteiger partial charge is 0.349 e. The predicted molar refractivity (Wildman–Crippen MR) is 103 cm³/mol. The van der Waals surface area contributed by atoms with Crippen molar-refractivity contribution in [2.45, 2.75) is 13.0 Å². The quantitative estimate of drug-likeness (QED) is 0.379. The molecule has 1 unspecified atom stereocenters. The summed E-state index contributed by atoms with van der Waals surface area (Å²) in [6.45, 7) is 1.43. The molecule has 3 rings (SSSR count). The van der Waals surface area contributed by atoms with E-state index >= 15 is 0 Å². The van der Waals surface area contributed by atoms with Crippen LogP contribution in [0, 0.1) is 10.1 Å². The molecule has 0 saturated carbocycles. The predicted octanol–water partition coefficient (Wildman–Crippen LogP) is 4.65. The van der Waals surface area contributed by atoms with Gasteiger partial charge in [-0.2, -0.15) is 0 Å². The molecular weight excluding hydrogens is 392 g/mol. The lowest BCUT2D eigenvalue weighted by Gasteiger charge is -2.13. The number of ether oxygens (including phenoxy) is 1. The third-order valence-electron chi connectivity index (χ3n) is 3.70. The summed E-state index contributed by atoms with van der Waals surface area (Å²) in [6, 6.07) is 12.9. The minimum Gasteiger partial charge on any atom is -0.448 e. The van der Waals surface area contributed by atoms with Gasteiger partial charge in [-0.15, -0.1) is 11.3 Å². The minimum atomic E-state index is -1.08. The van der Waals surface area contributed by atoms with Crippen LogP contribution in [0.3, 0.4) is 0 Å². The van der Waals surface area contributed by atoms with Gasteiger partial charge in [-0.25, -0.2) is 4.79 Å². The van der Waals surface area contributed by atoms with E-state index in [0.717, 1.165) is 16.2 Å². The number of carbonyl (C=O) groups excluding carboxylic acids is 2. The fourth-order valence-electron chi connectivity index (χ4n) is 2.31. The Bertz CT molecular complexity index is 1020. The number of thiophene rings is 1. The van der Waals surface area contributed by atoms with Crippen molar-refractivity contribution in [1.29, 1.82) is 0 Å². The van der Waals surface area contributed by atoms with Gasteiger partial charge in [-0.1, -0.05) is 29.8 Å². The first-order valence-corrected chi connectivity index (χ1v) is 8.99. The fourth-order valence-corrected chi connectivity index (χ4v) is 3.48. The monoisotopic (exact) mass is 404 g/mol. The SMILES string of the molecule is CC(OC(=O)c1cc2ccccc2s1)C(=O)Nc1ccc([N+](=O)[O-])cc1Cl. The number of nitro benzene ring substituents is 1. The summed E-state index contributed by atoms with van der Waals surface area (Å²) >= 11 is 7.22. The summed E-state index contributed by atoms with van der Waals surface area (Å²) in [4.78, 5) is 35.0. The number of nitrogens with zero attached hydrogens (tertiary/aromatic N) is 1. The summed E-state index contributed by atoms with van der Waals surface area (Å²) in [6.07, 6.45) is -1.08. The number of esters is 1. The van der Waals surface area contributed by atoms with E-state index in [-0.39, 0.29) is 16.4 Å². The second kappa shape index (κ2) is 7.73. The molecule has 1 heterocycles. The highest BCUT2D eigenvalue weighted by molar-refractivity contribution is 7.20. The van der Waals surface area contributed by atoms with Crippen molar-refractivity contribution in [2.24, 2.45) is 0 Å². The molecule has 0 aliphatic rings. The molecule has 1 atom stereocenters. The highest BCUT2D eigenvalue weighted by Crippen LogP contribution is 2.28. The number of rotatable bonds is 5. The zero-order valence-electron chi connectivity index (χ0n) is 14.0. The van der Waals surface area contributed by atoms with E-state index in [9.17, 15) is 19.7 Å². The van der Waals surface area contributed by atoms with Gasteiger partial charge in [-0.05, 0) is 30.5 Å². The van der Waals surface area contributed by atoms with Crippen LogP contribution in [0.25, 0.3) is 10.1 Å². The molecule has 1 aromatic heterocycles. The Morgan fingerprint density at radius 3 is 2.63 bits per heavy atom. The van der Waals surface area contributed by atoms with Crippen molar-refractivity contribution < 1.29 is 19.2 Å². The van der Waals surface area contributed by atoms with E-state index in [1.54, 1.807) is 6.07 Å². The highest BCUT2D eigenvalue weighted by Gasteiger charge is 2.21. The molecule has 0 fully saturated rings. The molecule has 0 bridgehead atoms. The molecule has 27 heavy (non-hydrogen) atoms. The van der Waals surface area contributed by atoms with Gasteiger partial charge in [0.05, 0.1) is 15.6 Å². The maximum absolute atomic E-state index is 12.3. The number of non-ortho nitro benzene ring substituents is 1. The molecular formula is C18H13ClN2O5S. The van der Waals surface area contributed by atoms with E-state index in [1.807, 2.05) is 24.3 Å². The molecule has 3 aromatic rings. The lowest BCUT2D eigenvalue weighted by atomic mass is 10.2. The van der Waals surface area contributed by atoms with Crippen molar-refractivity contribution in [2.75, 3.05) is 5.32 Å². The number of benzene rings is 2. The summed E-state index contributed by atoms with van der Waals surface area (Å²) in [5.41, 5.74) is -0.000681. The summed E-state index contributed by atoms with van der Waals surface area (Å²) in [5.74, 6) is -1.20. The van der Waals surface area contributed by atoms with Crippen LogP contribution in [-0.4, -0.2) is 22.9 Å². The Balaban J connectivity index is 1.66. The molecule has 1 amide bonds. The molecule has 1 N–H and O–H groups in total. The molecule has 0 spiro atoms. The van der Waals surface area contributed by atoms with E-state index < -0.39 is 22.9 Å². The van der Waals surface area contributed by atoms with Gasteiger partial charge in [0, 0.05) is 16.8 Å². The second-order valence-corrected chi connectivity index (χ2v) is 7.10. The number of amides is 1. The Kier molecular flexibility index (Phi) is 5.38. The topological polar surface area (TPSA) is 98.5 Å². The Labute approximate surface area is 162 Å². The van der Waals surface area contributed by atoms with E-state index in [1.165, 1.54) is 30.4 Å². The van der Waals surface area contributed by atoms with E-state index in [0.29, 0.717) is 4.88 Å². The zero-order chi connectivity index (χ0) is 19.6. The average molecular weight is 405 g/mol. The third kappa shape index (κ3) is 4.24. The average Bonchev–Trinajstić information content (AvgIpc) is 3.07. The first kappa shape index (κ1) is 18.8. The lowest BCUT2D eigenvalue weighted by molar-refractivity contribution is -0.384. The molecule has 7 nitrogen and oxygen atoms in total. The van der Waals surface area contributed by atoms with E-state index in [4.69, 9.17) is 16.3 Å². The van der Waals surface area contributed by atoms with Crippen LogP contribution in [0.1, 0.15) is 16.6 Å². The molecule has 0 aliphatic carbocycles. The maximum Gasteiger partial charge on any atom is 0.349 e. The number of fused-ring (bicyclic) bond motifs is 1. The van der Waals surface area contributed by atoms with Crippen LogP contribution in [0.2, 0.25) is 5.02 Å². The van der Waals surface area contributed by atoms with Gasteiger partial charge < -0.3 is 10.1 Å². The van der Waals surface area contributed by atoms with Gasteiger partial charge in [-0.3, -0.25) is 14.9 Å². The Morgan fingerprint density at radius 1 is 1.22 bits per heavy atom. The third-order valence-corrected chi connectivity index (χ3v) is 5.11. The van der Waals surface area contributed by atoms with Crippen LogP contribution in [0.5, 0.6) is 0 Å². The van der Waals surface area contributed by atoms with Crippen molar-refractivity contribution >= 4 is 56.3 Å². The van der Waals surface area contributed by atoms with Crippen LogP contribution in [0.4, 0.5) is 11.4 Å². The number of carbonyl (C=O) groups is 2. The maximum atomic E-state index is 12.3. The minimum absolute atomic E-state index is 0.0144. The lowest BCUT2D eigenvalue weighted by Crippen LogP contribution is -2.29. The van der Waals surface area contributed by atoms with Gasteiger partial charge in [0.25, 0.3) is 11.6 Å². The highest BCUT2D eigenvalue weighted by atomic mass is 35.5. The van der Waals surface area contributed by atoms with E-state index in [2.05, 4.69) is 5.32 Å². The normalized spacial score (nSPS) is 11.8. The Hall–Kier alpha value is -2.97. The second-order valence-electron chi connectivity index (χ2n) is 5.61. The summed E-state index contributed by atoms with van der Waals surface area (Å²) in [5, 5.41) is 14.1. The van der Waals surface area contributed by atoms with Crippen LogP contribution in [-0.2, 0) is 9.53 Å². The van der Waals surface area contributed by atoms with Crippen LogP contribution in [0.15, 0.2) is 48.5 Å². The molecule has 9 heteroatoms. The Morgan fingerprint density at radius 2 is 1.96 bits per heavy atom. The van der Waals surface area contributed by atoms with Crippen LogP contribution >= 0.6 is 22.9 Å². The molecule has 2 aromatic carbocycles. The summed E-state index contributed by atoms with van der Waals surface area (Å²) < 4.78 is 6.15. The van der Waals surface area contributed by atoms with Gasteiger partial charge in [0.2, 0.25) is 0 Å². The number of anilines is 1. The number of hydrogen-bond acceptors (Lipinski definition) is 6. The number of nitrogens with one attached hydrogen (secondary N) is 1. The largest absolute Gasteiger partial charge is 0.448 e. The number of nitro groups is 1. The molecule has 0 radical (unpaired) electrons. The first-order valence-electron chi connectivity index (χ1n) is 7.79. The fraction of sp³-hybridized carbons (Fsp3) is 0.111. The molecule has 138 valence electrons. The van der Waals surface area contributed by atoms with Crippen molar-refractivity contribution in [1.82, 2.24) is 0 Å². The molecule has 0 aliphatic heterocycles. The van der Waals surface area contributed by atoms with Crippen LogP contribution < -0.4 is 5.32 Å². The van der Waals surface area contributed by atoms with Gasteiger partial charge >= 0.3 is 5.97 Å². The zero-order valence-corrected chi connectivity index (χ0v) is 15.5. The van der Waals surface area contributed by atoms with Crippen molar-refractivity contribution in [3.8, 4) is 0 Å². The summed E-state index contributed by atoms with van der Waals surface area (Å²) in [7, 11) is 0. The first-order chi connectivity index (χ1) is 12.8. The van der Waals surface area contributed by atoms with Crippen molar-refractivity contribution in [3.05, 3.63) is 68.5 Å². The standard InChI is InChI=1S/C18H13ClN2O5S/c1-10(17(22)20-14-7-6-12(21(24)25)9-13(14)19)26-18(23)16-8-11-4-2-3-5-15(11)27-16/h2-10H,1H3,(H,20,22). The number of halogens is 1.